The lowest BCUT2D eigenvalue weighted by Crippen LogP contribution is -2.52. The largest absolute Gasteiger partial charge is 0.448 e. The topological polar surface area (TPSA) is 87.9 Å². The van der Waals surface area contributed by atoms with Crippen LogP contribution in [0.2, 0.25) is 0 Å². The van der Waals surface area contributed by atoms with Crippen LogP contribution >= 0.6 is 0 Å². The van der Waals surface area contributed by atoms with Gasteiger partial charge in [0.1, 0.15) is 6.04 Å². The standard InChI is InChI=1S/C25H34F4N4O3/c26-21-18(25(27,28)29)3-1-5-20(21)33-15-13-32(14-16-33)12-8-17-6-9-24(10-7-17,23(30)35)36-22(34)19-4-2-11-31-19/h1,3,5,17,19,31H,2,4,6-16H2,(H2,30,35). The molecular formula is C25H34F4N4O3. The molecule has 3 aliphatic rings. The molecule has 0 spiro atoms. The first-order chi connectivity index (χ1) is 17.1. The van der Waals surface area contributed by atoms with Crippen molar-refractivity contribution in [3.05, 3.63) is 29.6 Å². The number of benzene rings is 1. The summed E-state index contributed by atoms with van der Waals surface area (Å²) in [5.41, 5.74) is 3.16. The Labute approximate surface area is 208 Å². The molecule has 1 aromatic carbocycles. The molecule has 200 valence electrons. The Morgan fingerprint density at radius 3 is 2.39 bits per heavy atom. The molecule has 7 nitrogen and oxygen atoms in total. The summed E-state index contributed by atoms with van der Waals surface area (Å²) in [6, 6.07) is 3.02. The van der Waals surface area contributed by atoms with Gasteiger partial charge in [-0.3, -0.25) is 14.5 Å². The first kappa shape index (κ1) is 26.7. The highest BCUT2D eigenvalue weighted by atomic mass is 19.4. The molecule has 4 rings (SSSR count). The number of hydrogen-bond acceptors (Lipinski definition) is 6. The Balaban J connectivity index is 1.24. The minimum absolute atomic E-state index is 0.0121. The quantitative estimate of drug-likeness (QED) is 0.430. The number of halogens is 4. The molecule has 1 amide bonds. The van der Waals surface area contributed by atoms with E-state index >= 15 is 0 Å². The molecule has 1 saturated carbocycles. The van der Waals surface area contributed by atoms with Crippen LogP contribution in [-0.2, 0) is 20.5 Å². The average molecular weight is 515 g/mol. The highest BCUT2D eigenvalue weighted by molar-refractivity contribution is 5.87. The lowest BCUT2D eigenvalue weighted by molar-refractivity contribution is -0.173. The summed E-state index contributed by atoms with van der Waals surface area (Å²) in [6.07, 6.45) is 0.0404. The molecule has 36 heavy (non-hydrogen) atoms. The van der Waals surface area contributed by atoms with Crippen molar-refractivity contribution in [1.82, 2.24) is 10.2 Å². The normalized spacial score (nSPS) is 27.7. The molecule has 0 aromatic heterocycles. The molecule has 1 aliphatic carbocycles. The minimum Gasteiger partial charge on any atom is -0.448 e. The van der Waals surface area contributed by atoms with Gasteiger partial charge in [-0.1, -0.05) is 6.07 Å². The van der Waals surface area contributed by atoms with Gasteiger partial charge in [0.05, 0.1) is 11.3 Å². The van der Waals surface area contributed by atoms with Crippen molar-refractivity contribution >= 4 is 17.6 Å². The fourth-order valence-corrected chi connectivity index (χ4v) is 5.54. The zero-order chi connectivity index (χ0) is 25.9. The number of anilines is 1. The van der Waals surface area contributed by atoms with Crippen LogP contribution in [-0.4, -0.2) is 67.7 Å². The van der Waals surface area contributed by atoms with E-state index < -0.39 is 35.0 Å². The van der Waals surface area contributed by atoms with Crippen LogP contribution in [0.3, 0.4) is 0 Å². The summed E-state index contributed by atoms with van der Waals surface area (Å²) in [6.45, 7) is 3.70. The molecular weight excluding hydrogens is 480 g/mol. The van der Waals surface area contributed by atoms with Gasteiger partial charge in [-0.15, -0.1) is 0 Å². The van der Waals surface area contributed by atoms with Crippen molar-refractivity contribution in [2.75, 3.05) is 44.2 Å². The number of carbonyl (C=O) groups is 2. The fourth-order valence-electron chi connectivity index (χ4n) is 5.54. The molecule has 0 radical (unpaired) electrons. The summed E-state index contributed by atoms with van der Waals surface area (Å²) in [5, 5.41) is 3.09. The van der Waals surface area contributed by atoms with Gasteiger partial charge in [0, 0.05) is 26.2 Å². The van der Waals surface area contributed by atoms with E-state index in [2.05, 4.69) is 10.2 Å². The smallest absolute Gasteiger partial charge is 0.419 e. The molecule has 2 aliphatic heterocycles. The number of piperazine rings is 1. The van der Waals surface area contributed by atoms with E-state index in [0.717, 1.165) is 44.8 Å². The zero-order valence-corrected chi connectivity index (χ0v) is 20.3. The maximum Gasteiger partial charge on any atom is 0.419 e. The Bertz CT molecular complexity index is 936. The number of amides is 1. The third-order valence-corrected chi connectivity index (χ3v) is 7.85. The van der Waals surface area contributed by atoms with E-state index in [1.54, 1.807) is 4.90 Å². The van der Waals surface area contributed by atoms with Crippen LogP contribution < -0.4 is 16.0 Å². The highest BCUT2D eigenvalue weighted by Crippen LogP contribution is 2.38. The number of hydrogen-bond donors (Lipinski definition) is 2. The Morgan fingerprint density at radius 1 is 1.11 bits per heavy atom. The Morgan fingerprint density at radius 2 is 1.81 bits per heavy atom. The van der Waals surface area contributed by atoms with Gasteiger partial charge >= 0.3 is 12.1 Å². The van der Waals surface area contributed by atoms with Gasteiger partial charge in [0.2, 0.25) is 0 Å². The van der Waals surface area contributed by atoms with Gasteiger partial charge in [0.25, 0.3) is 5.91 Å². The third-order valence-electron chi connectivity index (χ3n) is 7.85. The van der Waals surface area contributed by atoms with Crippen LogP contribution in [0.25, 0.3) is 0 Å². The number of nitrogens with one attached hydrogen (secondary N) is 1. The molecule has 2 heterocycles. The number of primary amides is 1. The molecule has 2 saturated heterocycles. The van der Waals surface area contributed by atoms with Crippen molar-refractivity contribution in [2.24, 2.45) is 11.7 Å². The van der Waals surface area contributed by atoms with Crippen LogP contribution in [0, 0.1) is 11.7 Å². The molecule has 3 N–H and O–H groups in total. The van der Waals surface area contributed by atoms with E-state index in [0.29, 0.717) is 51.4 Å². The predicted molar refractivity (Wildman–Crippen MR) is 126 cm³/mol. The number of esters is 1. The Kier molecular flexibility index (Phi) is 8.09. The van der Waals surface area contributed by atoms with Crippen molar-refractivity contribution in [1.29, 1.82) is 0 Å². The molecule has 1 atom stereocenters. The van der Waals surface area contributed by atoms with E-state index in [9.17, 15) is 27.2 Å². The average Bonchev–Trinajstić information content (AvgIpc) is 3.39. The Hall–Kier alpha value is -2.40. The lowest BCUT2D eigenvalue weighted by Gasteiger charge is -2.39. The maximum absolute atomic E-state index is 14.5. The molecule has 1 aromatic rings. The van der Waals surface area contributed by atoms with Crippen molar-refractivity contribution in [3.63, 3.8) is 0 Å². The second kappa shape index (κ2) is 10.9. The van der Waals surface area contributed by atoms with Gasteiger partial charge in [0.15, 0.2) is 11.4 Å². The molecule has 0 bridgehead atoms. The molecule has 3 fully saturated rings. The van der Waals surface area contributed by atoms with Crippen molar-refractivity contribution in [3.8, 4) is 0 Å². The predicted octanol–water partition coefficient (Wildman–Crippen LogP) is 3.07. The second-order valence-corrected chi connectivity index (χ2v) is 10.1. The van der Waals surface area contributed by atoms with Crippen molar-refractivity contribution < 1.29 is 31.9 Å². The number of alkyl halides is 3. The number of carbonyl (C=O) groups excluding carboxylic acids is 2. The van der Waals surface area contributed by atoms with E-state index in [4.69, 9.17) is 10.5 Å². The third kappa shape index (κ3) is 5.94. The number of rotatable bonds is 7. The van der Waals surface area contributed by atoms with Gasteiger partial charge in [-0.25, -0.2) is 4.39 Å². The molecule has 1 unspecified atom stereocenters. The van der Waals surface area contributed by atoms with Crippen LogP contribution in [0.15, 0.2) is 18.2 Å². The second-order valence-electron chi connectivity index (χ2n) is 10.1. The van der Waals surface area contributed by atoms with Crippen LogP contribution in [0.1, 0.15) is 50.5 Å². The summed E-state index contributed by atoms with van der Waals surface area (Å²) < 4.78 is 59.3. The highest BCUT2D eigenvalue weighted by Gasteiger charge is 2.45. The van der Waals surface area contributed by atoms with Crippen LogP contribution in [0.4, 0.5) is 23.2 Å². The van der Waals surface area contributed by atoms with Crippen molar-refractivity contribution in [2.45, 2.75) is 62.8 Å². The maximum atomic E-state index is 14.5. The summed E-state index contributed by atoms with van der Waals surface area (Å²) >= 11 is 0. The number of nitrogens with two attached hydrogens (primary N) is 1. The van der Waals surface area contributed by atoms with E-state index in [1.807, 2.05) is 0 Å². The summed E-state index contributed by atoms with van der Waals surface area (Å²) in [7, 11) is 0. The van der Waals surface area contributed by atoms with Gasteiger partial charge in [-0.2, -0.15) is 13.2 Å². The monoisotopic (exact) mass is 514 g/mol. The van der Waals surface area contributed by atoms with Gasteiger partial charge < -0.3 is 20.7 Å². The lowest BCUT2D eigenvalue weighted by atomic mass is 9.77. The first-order valence-corrected chi connectivity index (χ1v) is 12.7. The number of nitrogens with zero attached hydrogens (tertiary/aromatic N) is 2. The van der Waals surface area contributed by atoms with Gasteiger partial charge in [-0.05, 0) is 76.1 Å². The minimum atomic E-state index is -4.72. The zero-order valence-electron chi connectivity index (χ0n) is 20.3. The SMILES string of the molecule is NC(=O)C1(OC(=O)C2CCCN2)CCC(CCN2CCN(c3cccc(C(F)(F)F)c3F)CC2)CC1. The van der Waals surface area contributed by atoms with E-state index in [1.165, 1.54) is 12.1 Å². The fraction of sp³-hybridized carbons (Fsp3) is 0.680. The number of ether oxygens (including phenoxy) is 1. The van der Waals surface area contributed by atoms with E-state index in [-0.39, 0.29) is 11.7 Å². The summed E-state index contributed by atoms with van der Waals surface area (Å²) in [4.78, 5) is 28.6. The van der Waals surface area contributed by atoms with Crippen LogP contribution in [0.5, 0.6) is 0 Å². The molecule has 11 heteroatoms. The summed E-state index contributed by atoms with van der Waals surface area (Å²) in [5.74, 6) is -1.85. The first-order valence-electron chi connectivity index (χ1n) is 12.7.